The number of hydrogen-bond acceptors (Lipinski definition) is 11. The van der Waals surface area contributed by atoms with Gasteiger partial charge in [-0.25, -0.2) is 4.18 Å². The summed E-state index contributed by atoms with van der Waals surface area (Å²) < 4.78 is 58.9. The third-order valence-corrected chi connectivity index (χ3v) is 10.2. The van der Waals surface area contributed by atoms with Crippen molar-refractivity contribution in [3.05, 3.63) is 36.5 Å². The topological polar surface area (TPSA) is 178 Å². The van der Waals surface area contributed by atoms with Gasteiger partial charge in [-0.2, -0.15) is 8.42 Å². The molecule has 6 atom stereocenters. The van der Waals surface area contributed by atoms with E-state index in [4.69, 9.17) is 23.5 Å². The number of esters is 1. The maximum absolute atomic E-state index is 12.8. The van der Waals surface area contributed by atoms with Crippen molar-refractivity contribution in [3.8, 4) is 0 Å². The molecule has 0 bridgehead atoms. The van der Waals surface area contributed by atoms with E-state index in [1.54, 1.807) is 0 Å². The quantitative estimate of drug-likeness (QED) is 0.0203. The summed E-state index contributed by atoms with van der Waals surface area (Å²) in [6.07, 6.45) is 30.3. The van der Waals surface area contributed by atoms with E-state index in [-0.39, 0.29) is 19.6 Å². The maximum atomic E-state index is 12.8. The molecule has 1 aliphatic rings. The van der Waals surface area contributed by atoms with E-state index in [2.05, 4.69) is 54.5 Å². The molecule has 0 aromatic heterocycles. The molecular formula is C43H78O12S. The summed E-state index contributed by atoms with van der Waals surface area (Å²) in [4.78, 5) is 12.8. The minimum atomic E-state index is -5.06. The Morgan fingerprint density at radius 1 is 0.679 bits per heavy atom. The lowest BCUT2D eigenvalue weighted by atomic mass is 9.99. The largest absolute Gasteiger partial charge is 0.457 e. The van der Waals surface area contributed by atoms with E-state index in [0.717, 1.165) is 70.6 Å². The van der Waals surface area contributed by atoms with E-state index < -0.39 is 59.8 Å². The first-order chi connectivity index (χ1) is 27.1. The Labute approximate surface area is 339 Å². The van der Waals surface area contributed by atoms with Gasteiger partial charge in [-0.05, 0) is 70.6 Å². The molecule has 4 N–H and O–H groups in total. The van der Waals surface area contributed by atoms with Crippen molar-refractivity contribution in [1.82, 2.24) is 0 Å². The van der Waals surface area contributed by atoms with Gasteiger partial charge in [-0.1, -0.05) is 127 Å². The number of unbranched alkanes of at least 4 members (excludes halogenated alkanes) is 18. The number of rotatable bonds is 37. The van der Waals surface area contributed by atoms with Crippen LogP contribution in [-0.2, 0) is 38.3 Å². The minimum absolute atomic E-state index is 0.0262. The first kappa shape index (κ1) is 52.3. The molecule has 0 spiro atoms. The molecule has 328 valence electrons. The summed E-state index contributed by atoms with van der Waals surface area (Å²) in [7, 11) is -5.06. The van der Waals surface area contributed by atoms with Crippen LogP contribution >= 0.6 is 0 Å². The summed E-state index contributed by atoms with van der Waals surface area (Å²) in [5.41, 5.74) is 0. The van der Waals surface area contributed by atoms with E-state index in [9.17, 15) is 28.5 Å². The molecule has 1 saturated heterocycles. The first-order valence-electron chi connectivity index (χ1n) is 21.7. The zero-order valence-electron chi connectivity index (χ0n) is 34.7. The van der Waals surface area contributed by atoms with Gasteiger partial charge in [0.25, 0.3) is 0 Å². The van der Waals surface area contributed by atoms with E-state index >= 15 is 0 Å². The molecule has 0 aliphatic carbocycles. The van der Waals surface area contributed by atoms with E-state index in [1.165, 1.54) is 70.6 Å². The van der Waals surface area contributed by atoms with Crippen molar-refractivity contribution in [2.75, 3.05) is 26.4 Å². The summed E-state index contributed by atoms with van der Waals surface area (Å²) >= 11 is 0. The molecule has 6 unspecified atom stereocenters. The number of allylic oxidation sites excluding steroid dienone is 6. The van der Waals surface area contributed by atoms with Gasteiger partial charge in [-0.15, -0.1) is 0 Å². The molecule has 13 heteroatoms. The number of hydrogen-bond donors (Lipinski definition) is 4. The van der Waals surface area contributed by atoms with Gasteiger partial charge in [0.15, 0.2) is 6.29 Å². The van der Waals surface area contributed by atoms with Crippen LogP contribution in [0, 0.1) is 0 Å². The van der Waals surface area contributed by atoms with Crippen molar-refractivity contribution in [2.24, 2.45) is 0 Å². The first-order valence-corrected chi connectivity index (χ1v) is 23.1. The van der Waals surface area contributed by atoms with Crippen LogP contribution in [0.1, 0.15) is 168 Å². The highest BCUT2D eigenvalue weighted by molar-refractivity contribution is 7.80. The summed E-state index contributed by atoms with van der Waals surface area (Å²) in [5.74, 6) is -0.416. The fourth-order valence-corrected chi connectivity index (χ4v) is 6.91. The zero-order chi connectivity index (χ0) is 41.1. The van der Waals surface area contributed by atoms with Gasteiger partial charge in [-0.3, -0.25) is 9.35 Å². The predicted molar refractivity (Wildman–Crippen MR) is 220 cm³/mol. The van der Waals surface area contributed by atoms with Gasteiger partial charge in [0.05, 0.1) is 19.8 Å². The highest BCUT2D eigenvalue weighted by atomic mass is 32.3. The van der Waals surface area contributed by atoms with Crippen LogP contribution in [0.3, 0.4) is 0 Å². The second kappa shape index (κ2) is 35.3. The minimum Gasteiger partial charge on any atom is -0.457 e. The van der Waals surface area contributed by atoms with Gasteiger partial charge in [0, 0.05) is 13.0 Å². The standard InChI is InChI=1S/C43H78O12S/c1-3-5-7-9-11-13-15-17-18-19-20-22-24-26-28-30-32-39(45)53-37(35-51-33-31-29-27-25-23-21-16-14-12-10-8-6-4-2)36-52-43-41(47)42(55-56(48,49)50)40(46)38(34-44)54-43/h12-15,18-19,37-38,40-44,46-47H,3-11,16-17,20-36H2,1-2H3,(H,48,49,50)/b14-12-,15-13-,19-18-. The van der Waals surface area contributed by atoms with Gasteiger partial charge in [0.1, 0.15) is 30.5 Å². The highest BCUT2D eigenvalue weighted by Gasteiger charge is 2.48. The fraction of sp³-hybridized carbons (Fsp3) is 0.837. The Hall–Kier alpha value is -1.68. The van der Waals surface area contributed by atoms with Crippen molar-refractivity contribution in [1.29, 1.82) is 0 Å². The number of aliphatic hydroxyl groups excluding tert-OH is 3. The molecule has 0 amide bonds. The summed E-state index contributed by atoms with van der Waals surface area (Å²) in [6.45, 7) is 3.91. The molecule has 0 radical (unpaired) electrons. The normalized spacial score (nSPS) is 21.1. The molecule has 0 aromatic carbocycles. The van der Waals surface area contributed by atoms with Crippen molar-refractivity contribution < 1.29 is 56.2 Å². The Kier molecular flexibility index (Phi) is 33.0. The predicted octanol–water partition coefficient (Wildman–Crippen LogP) is 8.63. The summed E-state index contributed by atoms with van der Waals surface area (Å²) in [6, 6.07) is 0. The van der Waals surface area contributed by atoms with Crippen molar-refractivity contribution in [2.45, 2.75) is 205 Å². The molecule has 56 heavy (non-hydrogen) atoms. The van der Waals surface area contributed by atoms with Crippen LogP contribution in [-0.4, -0.2) is 97.5 Å². The van der Waals surface area contributed by atoms with Crippen LogP contribution in [0.5, 0.6) is 0 Å². The SMILES string of the molecule is CCCCC/C=C\CCCCCCCCOCC(COC1OC(CO)C(O)C(OS(=O)(=O)O)C1O)OC(=O)CCCCCCC/C=C\C/C=C\CCCCCC. The van der Waals surface area contributed by atoms with Crippen molar-refractivity contribution >= 4 is 16.4 Å². The second-order valence-corrected chi connectivity index (χ2v) is 16.0. The molecule has 1 aliphatic heterocycles. The lowest BCUT2D eigenvalue weighted by Crippen LogP contribution is -2.60. The third-order valence-electron chi connectivity index (χ3n) is 9.73. The van der Waals surface area contributed by atoms with Crippen LogP contribution < -0.4 is 0 Å². The van der Waals surface area contributed by atoms with Crippen LogP contribution in [0.4, 0.5) is 0 Å². The molecule has 0 saturated carbocycles. The Morgan fingerprint density at radius 3 is 1.75 bits per heavy atom. The second-order valence-electron chi connectivity index (χ2n) is 14.9. The zero-order valence-corrected chi connectivity index (χ0v) is 35.5. The molecule has 0 aromatic rings. The smallest absolute Gasteiger partial charge is 0.397 e. The average Bonchev–Trinajstić information content (AvgIpc) is 3.17. The maximum Gasteiger partial charge on any atom is 0.397 e. The van der Waals surface area contributed by atoms with Crippen molar-refractivity contribution in [3.63, 3.8) is 0 Å². The number of ether oxygens (including phenoxy) is 4. The highest BCUT2D eigenvalue weighted by Crippen LogP contribution is 2.26. The molecule has 12 nitrogen and oxygen atoms in total. The summed E-state index contributed by atoms with van der Waals surface area (Å²) in [5, 5.41) is 30.6. The van der Waals surface area contributed by atoms with Gasteiger partial charge < -0.3 is 34.3 Å². The van der Waals surface area contributed by atoms with Crippen LogP contribution in [0.15, 0.2) is 36.5 Å². The lowest BCUT2D eigenvalue weighted by molar-refractivity contribution is -0.301. The fourth-order valence-electron chi connectivity index (χ4n) is 6.40. The third kappa shape index (κ3) is 28.7. The number of carbonyl (C=O) groups excluding carboxylic acids is 1. The monoisotopic (exact) mass is 819 g/mol. The number of aliphatic hydroxyl groups is 3. The van der Waals surface area contributed by atoms with Gasteiger partial charge >= 0.3 is 16.4 Å². The van der Waals surface area contributed by atoms with E-state index in [1.807, 2.05) is 0 Å². The Bertz CT molecular complexity index is 1130. The molecule has 1 rings (SSSR count). The Morgan fingerprint density at radius 2 is 1.18 bits per heavy atom. The van der Waals surface area contributed by atoms with Crippen LogP contribution in [0.25, 0.3) is 0 Å². The molecule has 1 fully saturated rings. The van der Waals surface area contributed by atoms with Crippen LogP contribution in [0.2, 0.25) is 0 Å². The molecule has 1 heterocycles. The number of carbonyl (C=O) groups is 1. The molecular weight excluding hydrogens is 741 g/mol. The average molecular weight is 819 g/mol. The lowest BCUT2D eigenvalue weighted by Gasteiger charge is -2.41. The van der Waals surface area contributed by atoms with E-state index in [0.29, 0.717) is 13.0 Å². The van der Waals surface area contributed by atoms with Gasteiger partial charge in [0.2, 0.25) is 0 Å². The Balaban J connectivity index is 2.47.